The van der Waals surface area contributed by atoms with Crippen LogP contribution in [-0.2, 0) is 0 Å². The summed E-state index contributed by atoms with van der Waals surface area (Å²) < 4.78 is 26.9. The Hall–Kier alpha value is -2.52. The van der Waals surface area contributed by atoms with Crippen LogP contribution in [0.1, 0.15) is 43.2 Å². The Bertz CT molecular complexity index is 880. The Morgan fingerprint density at radius 1 is 0.900 bits per heavy atom. The largest absolute Gasteiger partial charge is 0.303 e. The highest BCUT2D eigenvalue weighted by Gasteiger charge is 2.40. The average Bonchev–Trinajstić information content (AvgIpc) is 3.55. The first-order valence-electron chi connectivity index (χ1n) is 10.5. The van der Waals surface area contributed by atoms with Crippen LogP contribution in [0, 0.1) is 24.0 Å². The average molecular weight is 408 g/mol. The van der Waals surface area contributed by atoms with Crippen molar-refractivity contribution in [1.29, 1.82) is 0 Å². The molecule has 2 saturated heterocycles. The van der Waals surface area contributed by atoms with Crippen molar-refractivity contribution >= 4 is 5.57 Å². The Kier molecular flexibility index (Phi) is 6.29. The lowest BCUT2D eigenvalue weighted by atomic mass is 9.88. The first-order chi connectivity index (χ1) is 14.6. The van der Waals surface area contributed by atoms with Crippen LogP contribution in [0.25, 0.3) is 5.57 Å². The molecule has 0 aliphatic carbocycles. The van der Waals surface area contributed by atoms with Gasteiger partial charge in [0.05, 0.1) is 5.66 Å². The molecule has 3 nitrogen and oxygen atoms in total. The quantitative estimate of drug-likeness (QED) is 0.526. The second-order valence-electron chi connectivity index (χ2n) is 8.12. The molecule has 2 aliphatic rings. The van der Waals surface area contributed by atoms with Crippen molar-refractivity contribution in [2.75, 3.05) is 19.6 Å². The zero-order chi connectivity index (χ0) is 21.0. The molecule has 2 aromatic rings. The lowest BCUT2D eigenvalue weighted by molar-refractivity contribution is 0.240. The van der Waals surface area contributed by atoms with Crippen molar-refractivity contribution in [1.82, 2.24) is 15.8 Å². The van der Waals surface area contributed by atoms with Gasteiger partial charge >= 0.3 is 0 Å². The summed E-state index contributed by atoms with van der Waals surface area (Å²) in [6.45, 7) is 2.97. The molecule has 0 amide bonds. The van der Waals surface area contributed by atoms with Gasteiger partial charge in [0.2, 0.25) is 0 Å². The van der Waals surface area contributed by atoms with Crippen LogP contribution in [0.4, 0.5) is 8.78 Å². The summed E-state index contributed by atoms with van der Waals surface area (Å²) in [4.78, 5) is 2.48. The van der Waals surface area contributed by atoms with Crippen molar-refractivity contribution in [2.45, 2.75) is 37.8 Å². The monoisotopic (exact) mass is 407 g/mol. The third kappa shape index (κ3) is 4.96. The molecule has 2 heterocycles. The van der Waals surface area contributed by atoms with Gasteiger partial charge in [-0.2, -0.15) is 0 Å². The lowest BCUT2D eigenvalue weighted by Gasteiger charge is -2.31. The SMILES string of the molecule is C#CCCC1(CCN2CCC(=C(c3ccc(F)cc3)c3ccc(F)cc3)CC2)NN1. The van der Waals surface area contributed by atoms with Crippen molar-refractivity contribution in [3.8, 4) is 12.3 Å². The number of rotatable bonds is 7. The van der Waals surface area contributed by atoms with Crippen molar-refractivity contribution in [3.63, 3.8) is 0 Å². The molecule has 30 heavy (non-hydrogen) atoms. The van der Waals surface area contributed by atoms with Crippen LogP contribution in [-0.4, -0.2) is 30.2 Å². The van der Waals surface area contributed by atoms with Gasteiger partial charge in [0.15, 0.2) is 0 Å². The molecule has 0 spiro atoms. The van der Waals surface area contributed by atoms with Crippen LogP contribution in [0.2, 0.25) is 0 Å². The van der Waals surface area contributed by atoms with Crippen LogP contribution >= 0.6 is 0 Å². The molecule has 2 fully saturated rings. The summed E-state index contributed by atoms with van der Waals surface area (Å²) in [7, 11) is 0. The molecule has 2 aliphatic heterocycles. The molecule has 0 unspecified atom stereocenters. The standard InChI is InChI=1S/C25H27F2N3/c1-2-3-14-25(28-29-25)15-18-30-16-12-21(13-17-30)24(19-4-8-22(26)9-5-19)20-6-10-23(27)11-7-20/h1,4-11,28-29H,3,12-18H2. The van der Waals surface area contributed by atoms with Crippen LogP contribution < -0.4 is 10.9 Å². The highest BCUT2D eigenvalue weighted by Crippen LogP contribution is 2.33. The third-order valence-corrected chi connectivity index (χ3v) is 6.11. The van der Waals surface area contributed by atoms with E-state index in [1.54, 1.807) is 0 Å². The van der Waals surface area contributed by atoms with Crippen molar-refractivity contribution < 1.29 is 8.78 Å². The number of nitrogens with one attached hydrogen (secondary N) is 2. The van der Waals surface area contributed by atoms with Crippen molar-refractivity contribution in [2.24, 2.45) is 0 Å². The highest BCUT2D eigenvalue weighted by molar-refractivity contribution is 5.82. The zero-order valence-corrected chi connectivity index (χ0v) is 17.1. The van der Waals surface area contributed by atoms with Gasteiger partial charge in [-0.25, -0.2) is 19.6 Å². The fourth-order valence-corrected chi connectivity index (χ4v) is 4.20. The smallest absolute Gasteiger partial charge is 0.123 e. The number of terminal acetylenes is 1. The normalized spacial score (nSPS) is 18.1. The molecule has 0 bridgehead atoms. The van der Waals surface area contributed by atoms with Gasteiger partial charge < -0.3 is 4.90 Å². The summed E-state index contributed by atoms with van der Waals surface area (Å²) in [5, 5.41) is 0. The van der Waals surface area contributed by atoms with E-state index in [1.807, 2.05) is 24.3 Å². The van der Waals surface area contributed by atoms with Crippen molar-refractivity contribution in [3.05, 3.63) is 76.9 Å². The van der Waals surface area contributed by atoms with E-state index in [9.17, 15) is 8.78 Å². The molecule has 0 saturated carbocycles. The molecular formula is C25H27F2N3. The number of benzene rings is 2. The number of hydrogen-bond donors (Lipinski definition) is 2. The molecule has 156 valence electrons. The Morgan fingerprint density at radius 2 is 1.43 bits per heavy atom. The predicted octanol–water partition coefficient (Wildman–Crippen LogP) is 4.47. The van der Waals surface area contributed by atoms with Crippen LogP contribution in [0.5, 0.6) is 0 Å². The number of likely N-dealkylation sites (tertiary alicyclic amines) is 1. The number of halogens is 2. The van der Waals surface area contributed by atoms with Gasteiger partial charge in [-0.05, 0) is 66.6 Å². The molecule has 5 heteroatoms. The molecule has 0 radical (unpaired) electrons. The zero-order valence-electron chi connectivity index (χ0n) is 17.1. The Labute approximate surface area is 177 Å². The highest BCUT2D eigenvalue weighted by atomic mass is 19.1. The molecular weight excluding hydrogens is 380 g/mol. The van der Waals surface area contributed by atoms with E-state index in [0.29, 0.717) is 0 Å². The number of hydrogen-bond acceptors (Lipinski definition) is 3. The van der Waals surface area contributed by atoms with E-state index in [4.69, 9.17) is 6.42 Å². The first-order valence-corrected chi connectivity index (χ1v) is 10.5. The van der Waals surface area contributed by atoms with Gasteiger partial charge in [0.1, 0.15) is 11.6 Å². The summed E-state index contributed by atoms with van der Waals surface area (Å²) in [5.74, 6) is 2.21. The predicted molar refractivity (Wildman–Crippen MR) is 116 cm³/mol. The minimum Gasteiger partial charge on any atom is -0.303 e. The third-order valence-electron chi connectivity index (χ3n) is 6.11. The summed E-state index contributed by atoms with van der Waals surface area (Å²) >= 11 is 0. The number of piperidine rings is 1. The van der Waals surface area contributed by atoms with Gasteiger partial charge in [0, 0.05) is 26.1 Å². The van der Waals surface area contributed by atoms with E-state index >= 15 is 0 Å². The molecule has 0 atom stereocenters. The van der Waals surface area contributed by atoms with Gasteiger partial charge in [-0.1, -0.05) is 29.8 Å². The maximum absolute atomic E-state index is 13.5. The molecule has 0 aromatic heterocycles. The lowest BCUT2D eigenvalue weighted by Crippen LogP contribution is -2.35. The molecule has 2 aromatic carbocycles. The van der Waals surface area contributed by atoms with Gasteiger partial charge in [0.25, 0.3) is 0 Å². The van der Waals surface area contributed by atoms with E-state index in [-0.39, 0.29) is 17.3 Å². The van der Waals surface area contributed by atoms with E-state index in [2.05, 4.69) is 21.7 Å². The summed E-state index contributed by atoms with van der Waals surface area (Å²) in [5.41, 5.74) is 10.9. The van der Waals surface area contributed by atoms with Crippen LogP contribution in [0.15, 0.2) is 54.1 Å². The number of nitrogens with zero attached hydrogens (tertiary/aromatic N) is 1. The minimum atomic E-state index is -0.252. The fraction of sp³-hybridized carbons (Fsp3) is 0.360. The second kappa shape index (κ2) is 9.09. The maximum Gasteiger partial charge on any atom is 0.123 e. The summed E-state index contributed by atoms with van der Waals surface area (Å²) in [6.07, 6.45) is 10.0. The van der Waals surface area contributed by atoms with E-state index < -0.39 is 0 Å². The van der Waals surface area contributed by atoms with Gasteiger partial charge in [-0.15, -0.1) is 12.3 Å². The number of hydrazine groups is 1. The second-order valence-corrected chi connectivity index (χ2v) is 8.12. The van der Waals surface area contributed by atoms with Gasteiger partial charge in [-0.3, -0.25) is 0 Å². The van der Waals surface area contributed by atoms with Crippen LogP contribution in [0.3, 0.4) is 0 Å². The maximum atomic E-state index is 13.5. The minimum absolute atomic E-state index is 0.00979. The topological polar surface area (TPSA) is 47.1 Å². The molecule has 4 rings (SSSR count). The molecule has 2 N–H and O–H groups in total. The fourth-order valence-electron chi connectivity index (χ4n) is 4.20. The van der Waals surface area contributed by atoms with E-state index in [1.165, 1.54) is 29.8 Å². The Balaban J connectivity index is 1.47. The Morgan fingerprint density at radius 3 is 1.90 bits per heavy atom. The first kappa shape index (κ1) is 20.7. The summed E-state index contributed by atoms with van der Waals surface area (Å²) in [6, 6.07) is 13.2. The van der Waals surface area contributed by atoms with E-state index in [0.717, 1.165) is 68.4 Å².